The molecule has 3 rings (SSSR count). The van der Waals surface area contributed by atoms with Gasteiger partial charge in [-0.3, -0.25) is 0 Å². The number of halogens is 1. The van der Waals surface area contributed by atoms with E-state index in [1.807, 2.05) is 30.3 Å². The summed E-state index contributed by atoms with van der Waals surface area (Å²) in [7, 11) is 0. The van der Waals surface area contributed by atoms with Crippen LogP contribution in [0.15, 0.2) is 42.5 Å². The van der Waals surface area contributed by atoms with E-state index >= 15 is 0 Å². The molecule has 2 aromatic rings. The lowest BCUT2D eigenvalue weighted by atomic mass is 9.82. The summed E-state index contributed by atoms with van der Waals surface area (Å²) in [6.45, 7) is 5.25. The minimum absolute atomic E-state index is 0.191. The third-order valence-corrected chi connectivity index (χ3v) is 4.80. The van der Waals surface area contributed by atoms with E-state index in [9.17, 15) is 4.39 Å². The highest BCUT2D eigenvalue weighted by molar-refractivity contribution is 5.46. The molecule has 2 atom stereocenters. The van der Waals surface area contributed by atoms with Crippen LogP contribution in [-0.2, 0) is 0 Å². The molecular formula is C21H25FO3. The maximum absolute atomic E-state index is 13.3. The Bertz CT molecular complexity index is 684. The van der Waals surface area contributed by atoms with E-state index in [1.54, 1.807) is 12.1 Å². The number of hydrogen-bond acceptors (Lipinski definition) is 3. The average Bonchev–Trinajstić information content (AvgIpc) is 3.10. The van der Waals surface area contributed by atoms with Crippen LogP contribution in [0.1, 0.15) is 44.6 Å². The summed E-state index contributed by atoms with van der Waals surface area (Å²) in [6, 6.07) is 12.6. The molecule has 0 N–H and O–H groups in total. The van der Waals surface area contributed by atoms with E-state index < -0.39 is 0 Å². The highest BCUT2D eigenvalue weighted by Gasteiger charge is 2.22. The second-order valence-corrected chi connectivity index (χ2v) is 6.44. The van der Waals surface area contributed by atoms with Gasteiger partial charge in [0, 0.05) is 6.07 Å². The van der Waals surface area contributed by atoms with Gasteiger partial charge >= 0.3 is 0 Å². The average molecular weight is 344 g/mol. The maximum Gasteiger partial charge on any atom is 0.231 e. The molecule has 2 aromatic carbocycles. The van der Waals surface area contributed by atoms with Crippen LogP contribution in [0.5, 0.6) is 17.2 Å². The SMILES string of the molecule is CCCC(c1ccc(F)cc1)[C@@H](CC)COc1ccc2c(c1)OCO2. The smallest absolute Gasteiger partial charge is 0.231 e. The molecule has 0 aromatic heterocycles. The predicted octanol–water partition coefficient (Wildman–Crippen LogP) is 5.54. The van der Waals surface area contributed by atoms with Gasteiger partial charge in [0.15, 0.2) is 11.5 Å². The van der Waals surface area contributed by atoms with Gasteiger partial charge in [-0.25, -0.2) is 4.39 Å². The fourth-order valence-electron chi connectivity index (χ4n) is 3.38. The quantitative estimate of drug-likeness (QED) is 0.629. The zero-order chi connectivity index (χ0) is 17.6. The first kappa shape index (κ1) is 17.6. The monoisotopic (exact) mass is 344 g/mol. The summed E-state index contributed by atoms with van der Waals surface area (Å²) >= 11 is 0. The van der Waals surface area contributed by atoms with Gasteiger partial charge in [-0.15, -0.1) is 0 Å². The number of benzene rings is 2. The Morgan fingerprint density at radius 1 is 1.04 bits per heavy atom. The van der Waals surface area contributed by atoms with E-state index in [0.717, 1.165) is 36.5 Å². The van der Waals surface area contributed by atoms with Crippen molar-refractivity contribution in [1.29, 1.82) is 0 Å². The molecule has 0 aliphatic carbocycles. The van der Waals surface area contributed by atoms with Crippen molar-refractivity contribution >= 4 is 0 Å². The number of hydrogen-bond donors (Lipinski definition) is 0. The van der Waals surface area contributed by atoms with Crippen LogP contribution in [0.3, 0.4) is 0 Å². The number of rotatable bonds is 8. The van der Waals surface area contributed by atoms with Crippen LogP contribution in [0, 0.1) is 11.7 Å². The van der Waals surface area contributed by atoms with Gasteiger partial charge in [0.05, 0.1) is 6.61 Å². The number of fused-ring (bicyclic) bond motifs is 1. The zero-order valence-corrected chi connectivity index (χ0v) is 14.8. The van der Waals surface area contributed by atoms with Gasteiger partial charge in [0.2, 0.25) is 6.79 Å². The van der Waals surface area contributed by atoms with Crippen molar-refractivity contribution in [2.45, 2.75) is 39.0 Å². The maximum atomic E-state index is 13.3. The highest BCUT2D eigenvalue weighted by Crippen LogP contribution is 2.36. The van der Waals surface area contributed by atoms with Crippen molar-refractivity contribution in [3.05, 3.63) is 53.8 Å². The molecule has 0 bridgehead atoms. The summed E-state index contributed by atoms with van der Waals surface area (Å²) in [6.07, 6.45) is 3.16. The lowest BCUT2D eigenvalue weighted by Gasteiger charge is -2.26. The van der Waals surface area contributed by atoms with Crippen molar-refractivity contribution in [3.8, 4) is 17.2 Å². The Morgan fingerprint density at radius 3 is 2.52 bits per heavy atom. The summed E-state index contributed by atoms with van der Waals surface area (Å²) < 4.78 is 30.0. The van der Waals surface area contributed by atoms with Crippen LogP contribution >= 0.6 is 0 Å². The Morgan fingerprint density at radius 2 is 1.80 bits per heavy atom. The molecule has 4 heteroatoms. The predicted molar refractivity (Wildman–Crippen MR) is 95.9 cm³/mol. The van der Waals surface area contributed by atoms with Gasteiger partial charge in [0.1, 0.15) is 11.6 Å². The Hall–Kier alpha value is -2.23. The summed E-state index contributed by atoms with van der Waals surface area (Å²) in [4.78, 5) is 0. The molecular weight excluding hydrogens is 319 g/mol. The van der Waals surface area contributed by atoms with Gasteiger partial charge in [0.25, 0.3) is 0 Å². The molecule has 134 valence electrons. The van der Waals surface area contributed by atoms with E-state index in [4.69, 9.17) is 14.2 Å². The third-order valence-electron chi connectivity index (χ3n) is 4.80. The molecule has 3 nitrogen and oxygen atoms in total. The van der Waals surface area contributed by atoms with Crippen LogP contribution < -0.4 is 14.2 Å². The van der Waals surface area contributed by atoms with Crippen molar-refractivity contribution in [1.82, 2.24) is 0 Å². The first-order chi connectivity index (χ1) is 12.2. The van der Waals surface area contributed by atoms with Crippen molar-refractivity contribution in [3.63, 3.8) is 0 Å². The molecule has 1 heterocycles. The van der Waals surface area contributed by atoms with E-state index in [1.165, 1.54) is 5.56 Å². The Kier molecular flexibility index (Phi) is 5.79. The molecule has 0 spiro atoms. The number of ether oxygens (including phenoxy) is 3. The standard InChI is InChI=1S/C21H25FO3/c1-3-5-19(16-6-8-17(22)9-7-16)15(4-2)13-23-18-10-11-20-21(12-18)25-14-24-20/h6-12,15,19H,3-5,13-14H2,1-2H3/t15-,19?/m0/s1. The van der Waals surface area contributed by atoms with Gasteiger partial charge in [-0.05, 0) is 54.5 Å². The Labute approximate surface area is 148 Å². The fourth-order valence-corrected chi connectivity index (χ4v) is 3.38. The minimum atomic E-state index is -0.191. The van der Waals surface area contributed by atoms with E-state index in [-0.39, 0.29) is 12.6 Å². The van der Waals surface area contributed by atoms with Crippen molar-refractivity contribution in [2.75, 3.05) is 13.4 Å². The largest absolute Gasteiger partial charge is 0.493 e. The molecule has 1 unspecified atom stereocenters. The molecule has 25 heavy (non-hydrogen) atoms. The van der Waals surface area contributed by atoms with Crippen LogP contribution in [-0.4, -0.2) is 13.4 Å². The first-order valence-electron chi connectivity index (χ1n) is 8.99. The summed E-state index contributed by atoms with van der Waals surface area (Å²) in [5.41, 5.74) is 1.18. The van der Waals surface area contributed by atoms with Crippen molar-refractivity contribution in [2.24, 2.45) is 5.92 Å². The van der Waals surface area contributed by atoms with Gasteiger partial charge < -0.3 is 14.2 Å². The van der Waals surface area contributed by atoms with Crippen molar-refractivity contribution < 1.29 is 18.6 Å². The molecule has 0 saturated carbocycles. The normalized spacial score (nSPS) is 15.0. The lowest BCUT2D eigenvalue weighted by molar-refractivity contribution is 0.173. The molecule has 1 aliphatic rings. The topological polar surface area (TPSA) is 27.7 Å². The molecule has 0 saturated heterocycles. The molecule has 0 radical (unpaired) electrons. The summed E-state index contributed by atoms with van der Waals surface area (Å²) in [5, 5.41) is 0. The molecule has 0 amide bonds. The minimum Gasteiger partial charge on any atom is -0.493 e. The van der Waals surface area contributed by atoms with Crippen LogP contribution in [0.4, 0.5) is 4.39 Å². The van der Waals surface area contributed by atoms with E-state index in [2.05, 4.69) is 13.8 Å². The zero-order valence-electron chi connectivity index (χ0n) is 14.8. The van der Waals surface area contributed by atoms with E-state index in [0.29, 0.717) is 18.4 Å². The second kappa shape index (κ2) is 8.24. The first-order valence-corrected chi connectivity index (χ1v) is 8.99. The van der Waals surface area contributed by atoms with Gasteiger partial charge in [-0.2, -0.15) is 0 Å². The summed E-state index contributed by atoms with van der Waals surface area (Å²) in [5.74, 6) is 2.82. The second-order valence-electron chi connectivity index (χ2n) is 6.44. The lowest BCUT2D eigenvalue weighted by Crippen LogP contribution is -2.20. The highest BCUT2D eigenvalue weighted by atomic mass is 19.1. The molecule has 1 aliphatic heterocycles. The van der Waals surface area contributed by atoms with Crippen LogP contribution in [0.2, 0.25) is 0 Å². The molecule has 0 fully saturated rings. The van der Waals surface area contributed by atoms with Gasteiger partial charge in [-0.1, -0.05) is 32.4 Å². The van der Waals surface area contributed by atoms with Crippen LogP contribution in [0.25, 0.3) is 0 Å². The third kappa shape index (κ3) is 4.25. The fraction of sp³-hybridized carbons (Fsp3) is 0.429. The Balaban J connectivity index is 1.69.